The number of hydrogen-bond donors (Lipinski definition) is 0. The molecule has 18 heavy (non-hydrogen) atoms. The van der Waals surface area contributed by atoms with Gasteiger partial charge in [-0.1, -0.05) is 61.5 Å². The van der Waals surface area contributed by atoms with E-state index in [1.54, 1.807) is 0 Å². The SMILES string of the molecule is C=C(Br)Cc1ccccc1O[Si](C)(C)C(C)(C)C. The number of allylic oxidation sites excluding steroid dienone is 1. The molecular formula is C15H23BrOSi. The standard InChI is InChI=1S/C15H23BrOSi/c1-12(16)11-13-9-7-8-10-14(13)17-18(5,6)15(2,3)4/h7-10H,1,11H2,2-6H3. The summed E-state index contributed by atoms with van der Waals surface area (Å²) in [6, 6.07) is 8.24. The van der Waals surface area contributed by atoms with E-state index < -0.39 is 8.32 Å². The Kier molecular flexibility index (Phi) is 4.84. The van der Waals surface area contributed by atoms with Crippen molar-refractivity contribution in [3.05, 3.63) is 40.9 Å². The average molecular weight is 327 g/mol. The average Bonchev–Trinajstić information content (AvgIpc) is 2.18. The van der Waals surface area contributed by atoms with Gasteiger partial charge in [-0.15, -0.1) is 0 Å². The first-order valence-corrected chi connectivity index (χ1v) is 9.94. The zero-order valence-electron chi connectivity index (χ0n) is 12.0. The minimum absolute atomic E-state index is 0.214. The predicted octanol–water partition coefficient (Wildman–Crippen LogP) is 5.52. The molecule has 0 heterocycles. The van der Waals surface area contributed by atoms with Crippen LogP contribution in [-0.2, 0) is 6.42 Å². The minimum Gasteiger partial charge on any atom is -0.543 e. The summed E-state index contributed by atoms with van der Waals surface area (Å²) >= 11 is 3.43. The lowest BCUT2D eigenvalue weighted by Crippen LogP contribution is -2.44. The number of para-hydroxylation sites is 1. The topological polar surface area (TPSA) is 9.23 Å². The summed E-state index contributed by atoms with van der Waals surface area (Å²) in [4.78, 5) is 0. The molecule has 0 bridgehead atoms. The summed E-state index contributed by atoms with van der Waals surface area (Å²) in [5.41, 5.74) is 1.20. The fourth-order valence-electron chi connectivity index (χ4n) is 1.38. The molecule has 0 fully saturated rings. The molecule has 0 unspecified atom stereocenters. The van der Waals surface area contributed by atoms with E-state index in [4.69, 9.17) is 4.43 Å². The van der Waals surface area contributed by atoms with Gasteiger partial charge in [0.05, 0.1) is 0 Å². The first-order chi connectivity index (χ1) is 8.13. The van der Waals surface area contributed by atoms with Crippen molar-refractivity contribution in [1.29, 1.82) is 0 Å². The highest BCUT2D eigenvalue weighted by Gasteiger charge is 2.39. The van der Waals surface area contributed by atoms with Crippen LogP contribution >= 0.6 is 15.9 Å². The lowest BCUT2D eigenvalue weighted by molar-refractivity contribution is 0.488. The summed E-state index contributed by atoms with van der Waals surface area (Å²) in [7, 11) is -1.77. The van der Waals surface area contributed by atoms with E-state index in [9.17, 15) is 0 Å². The van der Waals surface area contributed by atoms with Gasteiger partial charge in [-0.25, -0.2) is 0 Å². The molecule has 100 valence electrons. The molecule has 0 saturated heterocycles. The van der Waals surface area contributed by atoms with Crippen molar-refractivity contribution in [3.63, 3.8) is 0 Å². The van der Waals surface area contributed by atoms with Gasteiger partial charge in [0.15, 0.2) is 0 Å². The highest BCUT2D eigenvalue weighted by Crippen LogP contribution is 2.38. The maximum Gasteiger partial charge on any atom is 0.250 e. The van der Waals surface area contributed by atoms with Crippen LogP contribution in [0.2, 0.25) is 18.1 Å². The Morgan fingerprint density at radius 2 is 1.83 bits per heavy atom. The van der Waals surface area contributed by atoms with Crippen molar-refractivity contribution in [2.75, 3.05) is 0 Å². The van der Waals surface area contributed by atoms with Gasteiger partial charge in [0.1, 0.15) is 5.75 Å². The van der Waals surface area contributed by atoms with E-state index in [0.717, 1.165) is 16.7 Å². The van der Waals surface area contributed by atoms with Crippen molar-refractivity contribution < 1.29 is 4.43 Å². The third-order valence-corrected chi connectivity index (χ3v) is 8.15. The molecule has 1 aromatic rings. The number of hydrogen-bond acceptors (Lipinski definition) is 1. The molecule has 0 radical (unpaired) electrons. The summed E-state index contributed by atoms with van der Waals surface area (Å²) < 4.78 is 7.36. The van der Waals surface area contributed by atoms with Crippen LogP contribution in [0.1, 0.15) is 26.3 Å². The van der Waals surface area contributed by atoms with Gasteiger partial charge in [-0.05, 0) is 34.2 Å². The quantitative estimate of drug-likeness (QED) is 0.662. The van der Waals surface area contributed by atoms with Crippen LogP contribution in [0.5, 0.6) is 5.75 Å². The first kappa shape index (κ1) is 15.5. The number of benzene rings is 1. The first-order valence-electron chi connectivity index (χ1n) is 6.24. The molecule has 0 amide bonds. The fourth-order valence-corrected chi connectivity index (χ4v) is 2.74. The van der Waals surface area contributed by atoms with Crippen LogP contribution in [0.15, 0.2) is 35.3 Å². The van der Waals surface area contributed by atoms with Gasteiger partial charge in [0.25, 0.3) is 0 Å². The maximum absolute atomic E-state index is 6.38. The van der Waals surface area contributed by atoms with Crippen molar-refractivity contribution in [3.8, 4) is 5.75 Å². The Morgan fingerprint density at radius 1 is 1.28 bits per heavy atom. The normalized spacial score (nSPS) is 12.3. The molecule has 0 spiro atoms. The second-order valence-corrected chi connectivity index (χ2v) is 12.0. The summed E-state index contributed by atoms with van der Waals surface area (Å²) in [5.74, 6) is 1.00. The lowest BCUT2D eigenvalue weighted by Gasteiger charge is -2.37. The molecule has 1 nitrogen and oxygen atoms in total. The molecule has 0 saturated carbocycles. The Labute approximate surface area is 121 Å². The predicted molar refractivity (Wildman–Crippen MR) is 86.0 cm³/mol. The Bertz CT molecular complexity index is 432. The highest BCUT2D eigenvalue weighted by atomic mass is 79.9. The van der Waals surface area contributed by atoms with Gasteiger partial charge in [0.2, 0.25) is 8.32 Å². The van der Waals surface area contributed by atoms with Crippen LogP contribution in [-0.4, -0.2) is 8.32 Å². The zero-order chi connectivity index (χ0) is 14.0. The highest BCUT2D eigenvalue weighted by molar-refractivity contribution is 9.11. The molecule has 0 N–H and O–H groups in total. The van der Waals surface area contributed by atoms with Gasteiger partial charge in [0, 0.05) is 6.42 Å². The van der Waals surface area contributed by atoms with E-state index in [1.807, 2.05) is 12.1 Å². The summed E-state index contributed by atoms with van der Waals surface area (Å²) in [6.07, 6.45) is 0.810. The molecule has 1 rings (SSSR count). The van der Waals surface area contributed by atoms with Gasteiger partial charge >= 0.3 is 0 Å². The number of halogens is 1. The molecule has 0 aliphatic heterocycles. The van der Waals surface area contributed by atoms with Gasteiger partial charge in [-0.3, -0.25) is 0 Å². The van der Waals surface area contributed by atoms with Gasteiger partial charge in [-0.2, -0.15) is 0 Å². The molecule has 0 aromatic heterocycles. The van der Waals surface area contributed by atoms with E-state index in [0.29, 0.717) is 0 Å². The van der Waals surface area contributed by atoms with Crippen LogP contribution in [0.4, 0.5) is 0 Å². The number of rotatable bonds is 4. The monoisotopic (exact) mass is 326 g/mol. The third-order valence-electron chi connectivity index (χ3n) is 3.53. The smallest absolute Gasteiger partial charge is 0.250 e. The third kappa shape index (κ3) is 3.99. The van der Waals surface area contributed by atoms with Crippen molar-refractivity contribution >= 4 is 24.2 Å². The Morgan fingerprint density at radius 3 is 2.33 bits per heavy atom. The molecular weight excluding hydrogens is 304 g/mol. The molecule has 0 aliphatic carbocycles. The Hall–Kier alpha value is -0.543. The van der Waals surface area contributed by atoms with E-state index in [-0.39, 0.29) is 5.04 Å². The molecule has 3 heteroatoms. The van der Waals surface area contributed by atoms with Crippen LogP contribution in [0.3, 0.4) is 0 Å². The van der Waals surface area contributed by atoms with E-state index in [2.05, 4.69) is 68.5 Å². The van der Waals surface area contributed by atoms with Gasteiger partial charge < -0.3 is 4.43 Å². The zero-order valence-corrected chi connectivity index (χ0v) is 14.6. The Balaban J connectivity index is 3.01. The van der Waals surface area contributed by atoms with Crippen LogP contribution in [0, 0.1) is 0 Å². The van der Waals surface area contributed by atoms with Crippen molar-refractivity contribution in [2.24, 2.45) is 0 Å². The molecule has 0 aliphatic rings. The van der Waals surface area contributed by atoms with E-state index in [1.165, 1.54) is 5.56 Å². The second-order valence-electron chi connectivity index (χ2n) is 6.16. The lowest BCUT2D eigenvalue weighted by atomic mass is 10.1. The fraction of sp³-hybridized carbons (Fsp3) is 0.467. The summed E-state index contributed by atoms with van der Waals surface area (Å²) in [6.45, 7) is 15.2. The molecule has 0 atom stereocenters. The van der Waals surface area contributed by atoms with Crippen molar-refractivity contribution in [1.82, 2.24) is 0 Å². The van der Waals surface area contributed by atoms with Crippen LogP contribution in [0.25, 0.3) is 0 Å². The van der Waals surface area contributed by atoms with Crippen LogP contribution < -0.4 is 4.43 Å². The summed E-state index contributed by atoms with van der Waals surface area (Å²) in [5, 5.41) is 0.214. The second kappa shape index (κ2) is 5.62. The van der Waals surface area contributed by atoms with E-state index >= 15 is 0 Å². The molecule has 1 aromatic carbocycles. The largest absolute Gasteiger partial charge is 0.543 e. The van der Waals surface area contributed by atoms with Crippen molar-refractivity contribution in [2.45, 2.75) is 45.3 Å². The minimum atomic E-state index is -1.77. The maximum atomic E-state index is 6.38.